The zero-order valence-electron chi connectivity index (χ0n) is 11.8. The predicted octanol–water partition coefficient (Wildman–Crippen LogP) is 0.552. The molecule has 4 heteroatoms. The van der Waals surface area contributed by atoms with E-state index >= 15 is 0 Å². The number of carbonyl (C=O) groups excluding carboxylic acids is 2. The molecule has 4 nitrogen and oxygen atoms in total. The number of nitrogens with zero attached hydrogens (tertiary/aromatic N) is 1. The number of carbonyl (C=O) groups is 2. The van der Waals surface area contributed by atoms with Crippen LogP contribution in [0.15, 0.2) is 24.3 Å². The number of hydrogen-bond donors (Lipinski definition) is 1. The minimum Gasteiger partial charge on any atom is -0.325 e. The summed E-state index contributed by atoms with van der Waals surface area (Å²) in [6, 6.07) is 7.31. The Balaban J connectivity index is 2.26. The topological polar surface area (TPSA) is 41.8 Å². The number of hydrogen-bond acceptors (Lipinski definition) is 2. The summed E-state index contributed by atoms with van der Waals surface area (Å²) in [5, 5.41) is 0. The Labute approximate surface area is 114 Å². The molecule has 0 spiro atoms. The maximum absolute atomic E-state index is 12.4. The molecule has 1 heterocycles. The summed E-state index contributed by atoms with van der Waals surface area (Å²) in [6.45, 7) is 7.81. The van der Waals surface area contributed by atoms with Gasteiger partial charge in [0, 0.05) is 0 Å². The highest BCUT2D eigenvalue weighted by Gasteiger charge is 2.44. The highest BCUT2D eigenvalue weighted by molar-refractivity contribution is 6.21. The van der Waals surface area contributed by atoms with E-state index in [0.29, 0.717) is 12.1 Å². The van der Waals surface area contributed by atoms with E-state index in [0.717, 1.165) is 18.7 Å². The molecule has 1 aliphatic heterocycles. The molecule has 0 unspecified atom stereocenters. The summed E-state index contributed by atoms with van der Waals surface area (Å²) < 4.78 is 0. The van der Waals surface area contributed by atoms with Crippen molar-refractivity contribution in [1.82, 2.24) is 0 Å². The van der Waals surface area contributed by atoms with Gasteiger partial charge >= 0.3 is 0 Å². The zero-order valence-corrected chi connectivity index (χ0v) is 11.8. The molecule has 1 atom stereocenters. The highest BCUT2D eigenvalue weighted by atomic mass is 16.2. The lowest BCUT2D eigenvalue weighted by Crippen LogP contribution is -3.16. The van der Waals surface area contributed by atoms with Crippen LogP contribution in [0.2, 0.25) is 0 Å². The van der Waals surface area contributed by atoms with Gasteiger partial charge in [-0.15, -0.1) is 0 Å². The molecule has 1 N–H and O–H groups in total. The first-order valence-electron chi connectivity index (χ1n) is 6.86. The largest absolute Gasteiger partial charge is 0.325 e. The third-order valence-electron chi connectivity index (χ3n) is 3.84. The summed E-state index contributed by atoms with van der Waals surface area (Å²) in [5.74, 6) is -0.147. The standard InChI is InChI=1S/C15H20N2O2/c1-4-16(5-2)13-10-14(18)17(15(13)19)12-8-6-11(3)7-9-12/h6-9,13H,4-5,10H2,1-3H3/p+1/t13-/m0/s1. The van der Waals surface area contributed by atoms with Crippen LogP contribution in [0.25, 0.3) is 0 Å². The van der Waals surface area contributed by atoms with Crippen molar-refractivity contribution in [3.63, 3.8) is 0 Å². The van der Waals surface area contributed by atoms with Crippen LogP contribution >= 0.6 is 0 Å². The Hall–Kier alpha value is -1.68. The van der Waals surface area contributed by atoms with Gasteiger partial charge < -0.3 is 4.90 Å². The number of benzene rings is 1. The van der Waals surface area contributed by atoms with Crippen LogP contribution in [0.5, 0.6) is 0 Å². The fourth-order valence-electron chi connectivity index (χ4n) is 2.66. The lowest BCUT2D eigenvalue weighted by Gasteiger charge is -2.21. The lowest BCUT2D eigenvalue weighted by molar-refractivity contribution is -0.911. The molecule has 0 aromatic heterocycles. The van der Waals surface area contributed by atoms with Gasteiger partial charge in [0.25, 0.3) is 5.91 Å². The summed E-state index contributed by atoms with van der Waals surface area (Å²) >= 11 is 0. The first-order valence-corrected chi connectivity index (χ1v) is 6.86. The van der Waals surface area contributed by atoms with Crippen LogP contribution in [0.1, 0.15) is 25.8 Å². The van der Waals surface area contributed by atoms with Crippen molar-refractivity contribution >= 4 is 17.5 Å². The Morgan fingerprint density at radius 1 is 1.16 bits per heavy atom. The third kappa shape index (κ3) is 2.54. The van der Waals surface area contributed by atoms with E-state index < -0.39 is 0 Å². The highest BCUT2D eigenvalue weighted by Crippen LogP contribution is 2.22. The quantitative estimate of drug-likeness (QED) is 0.804. The zero-order chi connectivity index (χ0) is 14.0. The van der Waals surface area contributed by atoms with Crippen molar-refractivity contribution in [2.75, 3.05) is 18.0 Å². The van der Waals surface area contributed by atoms with Crippen molar-refractivity contribution in [1.29, 1.82) is 0 Å². The number of rotatable bonds is 4. The van der Waals surface area contributed by atoms with Crippen molar-refractivity contribution in [2.24, 2.45) is 0 Å². The normalized spacial score (nSPS) is 19.6. The molecular weight excluding hydrogens is 240 g/mol. The van der Waals surface area contributed by atoms with Crippen LogP contribution in [-0.2, 0) is 9.59 Å². The summed E-state index contributed by atoms with van der Waals surface area (Å²) in [6.07, 6.45) is 0.323. The van der Waals surface area contributed by atoms with E-state index in [1.165, 1.54) is 9.80 Å². The van der Waals surface area contributed by atoms with Gasteiger partial charge in [0.15, 0.2) is 6.04 Å². The second-order valence-corrected chi connectivity index (χ2v) is 5.03. The van der Waals surface area contributed by atoms with Crippen LogP contribution in [0.4, 0.5) is 5.69 Å². The van der Waals surface area contributed by atoms with Gasteiger partial charge in [-0.2, -0.15) is 0 Å². The summed E-state index contributed by atoms with van der Waals surface area (Å²) in [7, 11) is 0. The van der Waals surface area contributed by atoms with Crippen LogP contribution < -0.4 is 9.80 Å². The average molecular weight is 261 g/mol. The first kappa shape index (κ1) is 13.7. The van der Waals surface area contributed by atoms with Crippen LogP contribution in [-0.4, -0.2) is 30.9 Å². The third-order valence-corrected chi connectivity index (χ3v) is 3.84. The maximum Gasteiger partial charge on any atom is 0.292 e. The molecule has 1 aromatic carbocycles. The number of aryl methyl sites for hydroxylation is 1. The minimum atomic E-state index is -0.219. The Morgan fingerprint density at radius 3 is 2.26 bits per heavy atom. The van der Waals surface area contributed by atoms with Gasteiger partial charge in [-0.05, 0) is 32.9 Å². The molecule has 2 rings (SSSR count). The van der Waals surface area contributed by atoms with E-state index in [4.69, 9.17) is 0 Å². The summed E-state index contributed by atoms with van der Waals surface area (Å²) in [5.41, 5.74) is 1.81. The van der Waals surface area contributed by atoms with Crippen molar-refractivity contribution in [3.8, 4) is 0 Å². The predicted molar refractivity (Wildman–Crippen MR) is 74.1 cm³/mol. The fourth-order valence-corrected chi connectivity index (χ4v) is 2.66. The molecule has 2 amide bonds. The first-order chi connectivity index (χ1) is 9.08. The van der Waals surface area contributed by atoms with Gasteiger partial charge in [-0.25, -0.2) is 4.90 Å². The summed E-state index contributed by atoms with van der Waals surface area (Å²) in [4.78, 5) is 27.1. The SMILES string of the molecule is CC[NH+](CC)[C@H]1CC(=O)N(c2ccc(C)cc2)C1=O. The van der Waals surface area contributed by atoms with Gasteiger partial charge in [0.05, 0.1) is 25.2 Å². The smallest absolute Gasteiger partial charge is 0.292 e. The monoisotopic (exact) mass is 261 g/mol. The number of quaternary nitrogens is 1. The molecule has 0 saturated carbocycles. The molecule has 1 saturated heterocycles. The van der Waals surface area contributed by atoms with E-state index in [1.54, 1.807) is 0 Å². The Bertz CT molecular complexity index is 477. The Morgan fingerprint density at radius 2 is 1.74 bits per heavy atom. The van der Waals surface area contributed by atoms with Crippen LogP contribution in [0.3, 0.4) is 0 Å². The van der Waals surface area contributed by atoms with Gasteiger partial charge in [0.1, 0.15) is 0 Å². The maximum atomic E-state index is 12.4. The molecule has 1 aromatic rings. The average Bonchev–Trinajstić information content (AvgIpc) is 2.68. The molecule has 1 fully saturated rings. The minimum absolute atomic E-state index is 0.0625. The van der Waals surface area contributed by atoms with Gasteiger partial charge in [-0.3, -0.25) is 9.59 Å². The number of likely N-dealkylation sites (N-methyl/N-ethyl adjacent to an activating group) is 1. The molecule has 0 bridgehead atoms. The number of amides is 2. The number of nitrogens with one attached hydrogen (secondary N) is 1. The van der Waals surface area contributed by atoms with Crippen molar-refractivity contribution in [3.05, 3.63) is 29.8 Å². The van der Waals surface area contributed by atoms with E-state index in [1.807, 2.05) is 45.0 Å². The van der Waals surface area contributed by atoms with E-state index in [-0.39, 0.29) is 17.9 Å². The van der Waals surface area contributed by atoms with Crippen molar-refractivity contribution in [2.45, 2.75) is 33.2 Å². The molecule has 102 valence electrons. The molecular formula is C15H21N2O2+. The number of anilines is 1. The second kappa shape index (κ2) is 5.53. The molecule has 1 aliphatic rings. The van der Waals surface area contributed by atoms with Gasteiger partial charge in [0.2, 0.25) is 5.91 Å². The van der Waals surface area contributed by atoms with Crippen molar-refractivity contribution < 1.29 is 14.5 Å². The van der Waals surface area contributed by atoms with Gasteiger partial charge in [-0.1, -0.05) is 17.7 Å². The van der Waals surface area contributed by atoms with E-state index in [9.17, 15) is 9.59 Å². The molecule has 0 aliphatic carbocycles. The number of imide groups is 1. The Kier molecular flexibility index (Phi) is 4.00. The molecule has 19 heavy (non-hydrogen) atoms. The second-order valence-electron chi connectivity index (χ2n) is 5.03. The van der Waals surface area contributed by atoms with E-state index in [2.05, 4.69) is 0 Å². The fraction of sp³-hybridized carbons (Fsp3) is 0.467. The lowest BCUT2D eigenvalue weighted by atomic mass is 10.2. The van der Waals surface area contributed by atoms with Crippen LogP contribution in [0, 0.1) is 6.92 Å². The molecule has 0 radical (unpaired) electrons.